The summed E-state index contributed by atoms with van der Waals surface area (Å²) in [5.74, 6) is 2.35. The molecule has 2 N–H and O–H groups in total. The number of aryl methyl sites for hydroxylation is 1. The lowest BCUT2D eigenvalue weighted by Gasteiger charge is -2.17. The smallest absolute Gasteiger partial charge is 0.264 e. The molecular weight excluding hydrogens is 356 g/mol. The van der Waals surface area contributed by atoms with Crippen LogP contribution < -0.4 is 10.3 Å². The Labute approximate surface area is 154 Å². The van der Waals surface area contributed by atoms with Gasteiger partial charge in [-0.1, -0.05) is 23.6 Å². The standard InChI is InChI=1S/C19H15ClN2O4/c1-3-9-22-18-12(5-4-8-21-18)16(24)15(19(22)25)14-13(20)7-6-11(2)17(14)26-10-23/h1,4-8,23-24H,9-10H2,2H3. The Morgan fingerprint density at radius 1 is 1.35 bits per heavy atom. The van der Waals surface area contributed by atoms with Crippen molar-refractivity contribution in [1.82, 2.24) is 9.55 Å². The third-order valence-electron chi connectivity index (χ3n) is 4.01. The summed E-state index contributed by atoms with van der Waals surface area (Å²) in [4.78, 5) is 17.3. The van der Waals surface area contributed by atoms with Crippen LogP contribution >= 0.6 is 11.6 Å². The highest BCUT2D eigenvalue weighted by Gasteiger charge is 2.24. The number of hydrogen-bond donors (Lipinski definition) is 2. The minimum Gasteiger partial charge on any atom is -0.506 e. The fraction of sp³-hybridized carbons (Fsp3) is 0.158. The molecular formula is C19H15ClN2O4. The highest BCUT2D eigenvalue weighted by Crippen LogP contribution is 2.42. The average molecular weight is 371 g/mol. The molecule has 0 atom stereocenters. The maximum atomic E-state index is 13.1. The summed E-state index contributed by atoms with van der Waals surface area (Å²) in [5.41, 5.74) is 0.497. The molecule has 0 saturated heterocycles. The van der Waals surface area contributed by atoms with E-state index in [0.29, 0.717) is 10.9 Å². The Bertz CT molecular complexity index is 1100. The first-order chi connectivity index (χ1) is 12.5. The van der Waals surface area contributed by atoms with Crippen molar-refractivity contribution in [3.05, 3.63) is 51.4 Å². The van der Waals surface area contributed by atoms with Gasteiger partial charge in [0.15, 0.2) is 6.79 Å². The molecule has 1 aromatic carbocycles. The van der Waals surface area contributed by atoms with Crippen molar-refractivity contribution >= 4 is 22.6 Å². The van der Waals surface area contributed by atoms with Crippen LogP contribution in [0.3, 0.4) is 0 Å². The number of aliphatic hydroxyl groups excluding tert-OH is 1. The number of terminal acetylenes is 1. The van der Waals surface area contributed by atoms with E-state index >= 15 is 0 Å². The second kappa shape index (κ2) is 7.08. The van der Waals surface area contributed by atoms with Crippen LogP contribution in [0.2, 0.25) is 5.02 Å². The lowest BCUT2D eigenvalue weighted by atomic mass is 10.0. The molecule has 0 unspecified atom stereocenters. The van der Waals surface area contributed by atoms with Gasteiger partial charge >= 0.3 is 0 Å². The zero-order valence-electron chi connectivity index (χ0n) is 13.9. The first kappa shape index (κ1) is 17.8. The minimum absolute atomic E-state index is 0.0285. The largest absolute Gasteiger partial charge is 0.506 e. The summed E-state index contributed by atoms with van der Waals surface area (Å²) in [6, 6.07) is 6.55. The number of halogens is 1. The third-order valence-corrected chi connectivity index (χ3v) is 4.32. The molecule has 0 aliphatic rings. The quantitative estimate of drug-likeness (QED) is 0.545. The molecule has 3 aromatic rings. The predicted octanol–water partition coefficient (Wildman–Crippen LogP) is 2.69. The lowest BCUT2D eigenvalue weighted by molar-refractivity contribution is 0.0984. The zero-order valence-corrected chi connectivity index (χ0v) is 14.6. The first-order valence-corrected chi connectivity index (χ1v) is 8.06. The van der Waals surface area contributed by atoms with E-state index in [-0.39, 0.29) is 39.8 Å². The van der Waals surface area contributed by atoms with Crippen LogP contribution in [0.25, 0.3) is 22.2 Å². The normalized spacial score (nSPS) is 10.7. The van der Waals surface area contributed by atoms with Gasteiger partial charge in [0.25, 0.3) is 5.56 Å². The lowest BCUT2D eigenvalue weighted by Crippen LogP contribution is -2.23. The summed E-state index contributed by atoms with van der Waals surface area (Å²) in [6.07, 6.45) is 6.90. The van der Waals surface area contributed by atoms with E-state index in [9.17, 15) is 15.0 Å². The van der Waals surface area contributed by atoms with Crippen molar-refractivity contribution in [1.29, 1.82) is 0 Å². The Morgan fingerprint density at radius 2 is 2.12 bits per heavy atom. The van der Waals surface area contributed by atoms with Crippen molar-refractivity contribution in [3.63, 3.8) is 0 Å². The molecule has 0 bridgehead atoms. The molecule has 2 aromatic heterocycles. The highest BCUT2D eigenvalue weighted by atomic mass is 35.5. The van der Waals surface area contributed by atoms with E-state index < -0.39 is 12.4 Å². The number of aliphatic hydroxyl groups is 1. The summed E-state index contributed by atoms with van der Waals surface area (Å²) < 4.78 is 6.56. The maximum absolute atomic E-state index is 13.1. The van der Waals surface area contributed by atoms with Crippen LogP contribution in [0.4, 0.5) is 0 Å². The molecule has 26 heavy (non-hydrogen) atoms. The van der Waals surface area contributed by atoms with Gasteiger partial charge in [-0.05, 0) is 30.7 Å². The Kier molecular flexibility index (Phi) is 4.85. The Morgan fingerprint density at radius 3 is 2.81 bits per heavy atom. The molecule has 3 rings (SSSR count). The molecule has 0 fully saturated rings. The SMILES string of the molecule is C#CCn1c(=O)c(-c2c(Cl)ccc(C)c2OCO)c(O)c2cccnc21. The number of ether oxygens (including phenoxy) is 1. The topological polar surface area (TPSA) is 84.6 Å². The van der Waals surface area contributed by atoms with Gasteiger partial charge in [0.05, 0.1) is 28.1 Å². The van der Waals surface area contributed by atoms with Crippen molar-refractivity contribution < 1.29 is 14.9 Å². The van der Waals surface area contributed by atoms with E-state index in [1.807, 2.05) is 0 Å². The van der Waals surface area contributed by atoms with Crippen molar-refractivity contribution in [2.24, 2.45) is 0 Å². The van der Waals surface area contributed by atoms with E-state index in [4.69, 9.17) is 22.8 Å². The van der Waals surface area contributed by atoms with Gasteiger partial charge in [-0.3, -0.25) is 9.36 Å². The van der Waals surface area contributed by atoms with Gasteiger partial charge in [0.1, 0.15) is 17.1 Å². The van der Waals surface area contributed by atoms with Crippen LogP contribution in [-0.2, 0) is 6.54 Å². The van der Waals surface area contributed by atoms with Gasteiger partial charge < -0.3 is 14.9 Å². The van der Waals surface area contributed by atoms with Crippen LogP contribution in [0.1, 0.15) is 5.56 Å². The number of benzene rings is 1. The van der Waals surface area contributed by atoms with E-state index in [1.54, 1.807) is 31.2 Å². The number of aromatic hydroxyl groups is 1. The molecule has 0 radical (unpaired) electrons. The molecule has 6 nitrogen and oxygen atoms in total. The summed E-state index contributed by atoms with van der Waals surface area (Å²) in [5, 5.41) is 20.6. The van der Waals surface area contributed by atoms with Gasteiger partial charge in [-0.25, -0.2) is 4.98 Å². The zero-order chi connectivity index (χ0) is 18.8. The molecule has 0 aliphatic carbocycles. The van der Waals surface area contributed by atoms with Crippen LogP contribution in [-0.4, -0.2) is 26.6 Å². The van der Waals surface area contributed by atoms with E-state index in [2.05, 4.69) is 10.9 Å². The van der Waals surface area contributed by atoms with Crippen LogP contribution in [0, 0.1) is 19.3 Å². The Balaban J connectivity index is 2.51. The van der Waals surface area contributed by atoms with Crippen LogP contribution in [0.15, 0.2) is 35.3 Å². The third kappa shape index (κ3) is 2.77. The number of pyridine rings is 2. The van der Waals surface area contributed by atoms with Gasteiger partial charge in [-0.2, -0.15) is 0 Å². The van der Waals surface area contributed by atoms with Crippen molar-refractivity contribution in [2.45, 2.75) is 13.5 Å². The molecule has 2 heterocycles. The molecule has 0 amide bonds. The Hall–Kier alpha value is -3.01. The van der Waals surface area contributed by atoms with Gasteiger partial charge in [-0.15, -0.1) is 6.42 Å². The fourth-order valence-corrected chi connectivity index (χ4v) is 3.12. The highest BCUT2D eigenvalue weighted by molar-refractivity contribution is 6.34. The van der Waals surface area contributed by atoms with Gasteiger partial charge in [0.2, 0.25) is 0 Å². The monoisotopic (exact) mass is 370 g/mol. The molecule has 132 valence electrons. The number of hydrogen-bond acceptors (Lipinski definition) is 5. The fourth-order valence-electron chi connectivity index (χ4n) is 2.87. The molecule has 0 aliphatic heterocycles. The van der Waals surface area contributed by atoms with E-state index in [0.717, 1.165) is 0 Å². The predicted molar refractivity (Wildman–Crippen MR) is 99.4 cm³/mol. The van der Waals surface area contributed by atoms with Crippen molar-refractivity contribution in [3.8, 4) is 35.0 Å². The molecule has 0 spiro atoms. The second-order valence-electron chi connectivity index (χ2n) is 5.54. The summed E-state index contributed by atoms with van der Waals surface area (Å²) >= 11 is 6.32. The minimum atomic E-state index is -0.609. The maximum Gasteiger partial charge on any atom is 0.264 e. The van der Waals surface area contributed by atoms with E-state index in [1.165, 1.54) is 10.8 Å². The first-order valence-electron chi connectivity index (χ1n) is 7.68. The second-order valence-corrected chi connectivity index (χ2v) is 5.94. The molecule has 0 saturated carbocycles. The van der Waals surface area contributed by atoms with Gasteiger partial charge in [0, 0.05) is 6.20 Å². The number of aromatic nitrogens is 2. The summed E-state index contributed by atoms with van der Waals surface area (Å²) in [7, 11) is 0. The van der Waals surface area contributed by atoms with Crippen molar-refractivity contribution in [2.75, 3.05) is 6.79 Å². The average Bonchev–Trinajstić information content (AvgIpc) is 2.64. The number of rotatable bonds is 4. The van der Waals surface area contributed by atoms with Crippen LogP contribution in [0.5, 0.6) is 11.5 Å². The molecule has 7 heteroatoms. The number of nitrogens with zero attached hydrogens (tertiary/aromatic N) is 2. The number of fused-ring (bicyclic) bond motifs is 1. The summed E-state index contributed by atoms with van der Waals surface area (Å²) in [6.45, 7) is 1.10.